The van der Waals surface area contributed by atoms with Gasteiger partial charge < -0.3 is 13.6 Å². The lowest BCUT2D eigenvalue weighted by Gasteiger charge is -2.12. The van der Waals surface area contributed by atoms with E-state index >= 15 is 0 Å². The van der Waals surface area contributed by atoms with Crippen molar-refractivity contribution in [1.82, 2.24) is 19.1 Å². The van der Waals surface area contributed by atoms with Crippen molar-refractivity contribution in [3.63, 3.8) is 0 Å². The van der Waals surface area contributed by atoms with Crippen molar-refractivity contribution in [2.75, 3.05) is 0 Å². The molecule has 8 aromatic rings. The van der Waals surface area contributed by atoms with Crippen molar-refractivity contribution in [2.24, 2.45) is 7.05 Å². The molecule has 0 atom stereocenters. The van der Waals surface area contributed by atoms with Crippen LogP contribution in [0.5, 0.6) is 0 Å². The maximum atomic E-state index is 5.73. The molecule has 0 fully saturated rings. The van der Waals surface area contributed by atoms with E-state index in [0.717, 1.165) is 61.7 Å². The molecule has 0 saturated heterocycles. The van der Waals surface area contributed by atoms with E-state index in [4.69, 9.17) is 14.4 Å². The van der Waals surface area contributed by atoms with Gasteiger partial charge in [0.2, 0.25) is 0 Å². The Hall–Kier alpha value is -5.42. The molecule has 0 saturated carbocycles. The second kappa shape index (κ2) is 8.82. The number of nitrogens with zero attached hydrogens (tertiary/aromatic N) is 4. The highest BCUT2D eigenvalue weighted by atomic mass is 16.3. The lowest BCUT2D eigenvalue weighted by Crippen LogP contribution is -1.96. The van der Waals surface area contributed by atoms with Crippen LogP contribution in [0.3, 0.4) is 0 Å². The molecular formula is C35H24N4O. The van der Waals surface area contributed by atoms with Gasteiger partial charge in [0.25, 0.3) is 0 Å². The molecule has 0 spiro atoms. The average Bonchev–Trinajstić information content (AvgIpc) is 3.74. The van der Waals surface area contributed by atoms with Gasteiger partial charge in [0.1, 0.15) is 11.6 Å². The zero-order valence-electron chi connectivity index (χ0n) is 21.8. The number of aromatic nitrogens is 4. The summed E-state index contributed by atoms with van der Waals surface area (Å²) in [6, 6.07) is 40.0. The second-order valence-corrected chi connectivity index (χ2v) is 9.99. The minimum atomic E-state index is 0.803. The molecule has 8 rings (SSSR count). The molecule has 0 aliphatic carbocycles. The zero-order chi connectivity index (χ0) is 26.6. The summed E-state index contributed by atoms with van der Waals surface area (Å²) in [5.74, 6) is 1.75. The summed E-state index contributed by atoms with van der Waals surface area (Å²) in [5.41, 5.74) is 9.44. The summed E-state index contributed by atoms with van der Waals surface area (Å²) in [7, 11) is 2.08. The lowest BCUT2D eigenvalue weighted by atomic mass is 10.0. The van der Waals surface area contributed by atoms with Gasteiger partial charge in [-0.3, -0.25) is 4.98 Å². The van der Waals surface area contributed by atoms with Crippen LogP contribution in [0.4, 0.5) is 0 Å². The summed E-state index contributed by atoms with van der Waals surface area (Å²) in [5, 5.41) is 2.42. The first-order valence-electron chi connectivity index (χ1n) is 13.3. The Morgan fingerprint density at radius 3 is 2.38 bits per heavy atom. The SMILES string of the molecule is Cn1c(-c2ccc3c4ccccc4n(-c4cccc(-c5ncccc5-c5ccco5)c4)c3c2)nc2ccccc21. The smallest absolute Gasteiger partial charge is 0.140 e. The van der Waals surface area contributed by atoms with Crippen LogP contribution in [-0.2, 0) is 7.05 Å². The Bertz CT molecular complexity index is 2180. The van der Waals surface area contributed by atoms with Crippen LogP contribution in [0.1, 0.15) is 0 Å². The zero-order valence-corrected chi connectivity index (χ0v) is 21.8. The second-order valence-electron chi connectivity index (χ2n) is 9.99. The van der Waals surface area contributed by atoms with Crippen LogP contribution in [0.25, 0.3) is 72.5 Å². The molecule has 0 aliphatic heterocycles. The molecule has 0 aliphatic rings. The molecule has 4 aromatic heterocycles. The van der Waals surface area contributed by atoms with E-state index in [1.165, 1.54) is 10.8 Å². The largest absolute Gasteiger partial charge is 0.464 e. The predicted octanol–water partition coefficient (Wildman–Crippen LogP) is 8.66. The van der Waals surface area contributed by atoms with Crippen LogP contribution < -0.4 is 0 Å². The van der Waals surface area contributed by atoms with Gasteiger partial charge in [0.15, 0.2) is 0 Å². The molecule has 5 heteroatoms. The van der Waals surface area contributed by atoms with E-state index < -0.39 is 0 Å². The fourth-order valence-electron chi connectivity index (χ4n) is 5.85. The molecule has 0 amide bonds. The number of para-hydroxylation sites is 3. The van der Waals surface area contributed by atoms with E-state index in [2.05, 4.69) is 107 Å². The molecule has 190 valence electrons. The van der Waals surface area contributed by atoms with Crippen molar-refractivity contribution in [3.8, 4) is 39.7 Å². The molecule has 5 nitrogen and oxygen atoms in total. The normalized spacial score (nSPS) is 11.6. The number of hydrogen-bond donors (Lipinski definition) is 0. The van der Waals surface area contributed by atoms with Crippen molar-refractivity contribution in [1.29, 1.82) is 0 Å². The first-order valence-corrected chi connectivity index (χ1v) is 13.3. The van der Waals surface area contributed by atoms with E-state index in [1.807, 2.05) is 30.5 Å². The third-order valence-electron chi connectivity index (χ3n) is 7.69. The molecule has 4 heterocycles. The van der Waals surface area contributed by atoms with Crippen molar-refractivity contribution < 1.29 is 4.42 Å². The van der Waals surface area contributed by atoms with Crippen LogP contribution in [0.15, 0.2) is 132 Å². The summed E-state index contributed by atoms with van der Waals surface area (Å²) in [4.78, 5) is 9.73. The molecule has 0 unspecified atom stereocenters. The van der Waals surface area contributed by atoms with E-state index in [1.54, 1.807) is 6.26 Å². The third kappa shape index (κ3) is 3.41. The molecular weight excluding hydrogens is 492 g/mol. The van der Waals surface area contributed by atoms with E-state index in [0.29, 0.717) is 0 Å². The van der Waals surface area contributed by atoms with E-state index in [-0.39, 0.29) is 0 Å². The van der Waals surface area contributed by atoms with Crippen molar-refractivity contribution in [3.05, 3.63) is 128 Å². The van der Waals surface area contributed by atoms with Gasteiger partial charge in [-0.1, -0.05) is 54.6 Å². The highest BCUT2D eigenvalue weighted by Gasteiger charge is 2.17. The Morgan fingerprint density at radius 2 is 1.50 bits per heavy atom. The number of aryl methyl sites for hydroxylation is 1. The summed E-state index contributed by atoms with van der Waals surface area (Å²) in [6.45, 7) is 0. The number of benzene rings is 4. The van der Waals surface area contributed by atoms with Gasteiger partial charge in [-0.15, -0.1) is 0 Å². The van der Waals surface area contributed by atoms with Gasteiger partial charge in [0, 0.05) is 46.4 Å². The quantitative estimate of drug-likeness (QED) is 0.235. The lowest BCUT2D eigenvalue weighted by molar-refractivity contribution is 0.582. The van der Waals surface area contributed by atoms with Gasteiger partial charge in [-0.05, 0) is 60.7 Å². The Labute approximate surface area is 230 Å². The summed E-state index contributed by atoms with van der Waals surface area (Å²) < 4.78 is 10.2. The van der Waals surface area contributed by atoms with Crippen molar-refractivity contribution in [2.45, 2.75) is 0 Å². The van der Waals surface area contributed by atoms with Crippen LogP contribution >= 0.6 is 0 Å². The Morgan fingerprint density at radius 1 is 0.650 bits per heavy atom. The maximum absolute atomic E-state index is 5.73. The number of furan rings is 1. The Balaban J connectivity index is 1.36. The minimum Gasteiger partial charge on any atom is -0.464 e. The standard InChI is InChI=1S/C35H24N4O/c1-38-31-15-5-3-13-29(31)37-35(38)24-17-18-27-26-11-2-4-14-30(26)39(32(27)22-24)25-10-6-9-23(21-25)34-28(12-7-19-36-34)33-16-8-20-40-33/h2-22H,1H3. The van der Waals surface area contributed by atoms with Crippen LogP contribution in [0, 0.1) is 0 Å². The predicted molar refractivity (Wildman–Crippen MR) is 161 cm³/mol. The van der Waals surface area contributed by atoms with Gasteiger partial charge >= 0.3 is 0 Å². The fraction of sp³-hybridized carbons (Fsp3) is 0.0286. The van der Waals surface area contributed by atoms with Crippen LogP contribution in [-0.4, -0.2) is 19.1 Å². The molecule has 0 radical (unpaired) electrons. The topological polar surface area (TPSA) is 48.8 Å². The first kappa shape index (κ1) is 22.6. The van der Waals surface area contributed by atoms with Gasteiger partial charge in [-0.25, -0.2) is 4.98 Å². The molecule has 0 N–H and O–H groups in total. The average molecular weight is 517 g/mol. The first-order chi connectivity index (χ1) is 19.8. The van der Waals surface area contributed by atoms with E-state index in [9.17, 15) is 0 Å². The summed E-state index contributed by atoms with van der Waals surface area (Å²) in [6.07, 6.45) is 3.53. The highest BCUT2D eigenvalue weighted by Crippen LogP contribution is 2.37. The van der Waals surface area contributed by atoms with Gasteiger partial charge in [-0.2, -0.15) is 0 Å². The molecule has 0 bridgehead atoms. The third-order valence-corrected chi connectivity index (χ3v) is 7.69. The fourth-order valence-corrected chi connectivity index (χ4v) is 5.85. The Kier molecular flexibility index (Phi) is 4.97. The van der Waals surface area contributed by atoms with Crippen LogP contribution in [0.2, 0.25) is 0 Å². The highest BCUT2D eigenvalue weighted by molar-refractivity contribution is 6.10. The monoisotopic (exact) mass is 516 g/mol. The van der Waals surface area contributed by atoms with Gasteiger partial charge in [0.05, 0.1) is 34.0 Å². The molecule has 4 aromatic carbocycles. The number of hydrogen-bond acceptors (Lipinski definition) is 3. The number of rotatable bonds is 4. The molecule has 40 heavy (non-hydrogen) atoms. The number of pyridine rings is 1. The maximum Gasteiger partial charge on any atom is 0.140 e. The summed E-state index contributed by atoms with van der Waals surface area (Å²) >= 11 is 0. The number of imidazole rings is 1. The van der Waals surface area contributed by atoms with Crippen molar-refractivity contribution >= 4 is 32.8 Å². The number of fused-ring (bicyclic) bond motifs is 4. The minimum absolute atomic E-state index is 0.803.